The molecule has 1 aromatic carbocycles. The van der Waals surface area contributed by atoms with Gasteiger partial charge in [-0.15, -0.1) is 11.3 Å². The minimum Gasteiger partial charge on any atom is -0.494 e. The molecule has 0 aliphatic carbocycles. The first-order valence-electron chi connectivity index (χ1n) is 11.0. The van der Waals surface area contributed by atoms with Crippen LogP contribution < -0.4 is 4.74 Å². The Morgan fingerprint density at radius 2 is 1.94 bits per heavy atom. The number of pyridine rings is 1. The molecule has 166 valence electrons. The van der Waals surface area contributed by atoms with E-state index in [9.17, 15) is 5.26 Å². The van der Waals surface area contributed by atoms with Crippen LogP contribution in [-0.2, 0) is 4.74 Å². The SMILES string of the molecule is N#Cc1nc2ncc(-c3ccc(OCCCN4CCOCC4)cc3)cc2nc1-c1cccs1. The minimum absolute atomic E-state index is 0.292. The first kappa shape index (κ1) is 21.5. The van der Waals surface area contributed by atoms with Crippen molar-refractivity contribution in [3.63, 3.8) is 0 Å². The Labute approximate surface area is 196 Å². The molecule has 1 saturated heterocycles. The zero-order valence-electron chi connectivity index (χ0n) is 18.1. The number of rotatable bonds is 7. The predicted octanol–water partition coefficient (Wildman–Crippen LogP) is 4.39. The Hall–Kier alpha value is -3.38. The molecule has 0 spiro atoms. The Bertz CT molecular complexity index is 1260. The first-order chi connectivity index (χ1) is 16.3. The van der Waals surface area contributed by atoms with Crippen molar-refractivity contribution in [2.75, 3.05) is 39.5 Å². The van der Waals surface area contributed by atoms with E-state index in [1.54, 1.807) is 6.20 Å². The second-order valence-electron chi connectivity index (χ2n) is 7.76. The molecule has 7 nitrogen and oxygen atoms in total. The largest absolute Gasteiger partial charge is 0.494 e. The molecule has 8 heteroatoms. The Kier molecular flexibility index (Phi) is 6.53. The van der Waals surface area contributed by atoms with Crippen LogP contribution in [0.2, 0.25) is 0 Å². The molecule has 1 fully saturated rings. The fourth-order valence-electron chi connectivity index (χ4n) is 3.81. The average molecular weight is 458 g/mol. The second-order valence-corrected chi connectivity index (χ2v) is 8.70. The number of hydrogen-bond acceptors (Lipinski definition) is 8. The smallest absolute Gasteiger partial charge is 0.179 e. The highest BCUT2D eigenvalue weighted by atomic mass is 32.1. The molecule has 0 atom stereocenters. The van der Waals surface area contributed by atoms with Crippen molar-refractivity contribution in [1.82, 2.24) is 19.9 Å². The van der Waals surface area contributed by atoms with Gasteiger partial charge >= 0.3 is 0 Å². The van der Waals surface area contributed by atoms with Gasteiger partial charge in [0.2, 0.25) is 0 Å². The zero-order valence-corrected chi connectivity index (χ0v) is 18.9. The van der Waals surface area contributed by atoms with E-state index >= 15 is 0 Å². The average Bonchev–Trinajstić information content (AvgIpc) is 3.41. The second kappa shape index (κ2) is 10.0. The summed E-state index contributed by atoms with van der Waals surface area (Å²) in [5.41, 5.74) is 3.99. The molecule has 1 aliphatic rings. The highest BCUT2D eigenvalue weighted by Gasteiger charge is 2.13. The Balaban J connectivity index is 1.28. The predicted molar refractivity (Wildman–Crippen MR) is 128 cm³/mol. The van der Waals surface area contributed by atoms with Gasteiger partial charge in [0.25, 0.3) is 0 Å². The molecule has 4 aromatic rings. The highest BCUT2D eigenvalue weighted by molar-refractivity contribution is 7.13. The van der Waals surface area contributed by atoms with Gasteiger partial charge in [-0.3, -0.25) is 4.90 Å². The molecule has 0 saturated carbocycles. The van der Waals surface area contributed by atoms with Crippen LogP contribution in [0.15, 0.2) is 54.0 Å². The highest BCUT2D eigenvalue weighted by Crippen LogP contribution is 2.29. The minimum atomic E-state index is 0.292. The molecule has 5 rings (SSSR count). The lowest BCUT2D eigenvalue weighted by Gasteiger charge is -2.26. The van der Waals surface area contributed by atoms with E-state index in [1.165, 1.54) is 11.3 Å². The summed E-state index contributed by atoms with van der Waals surface area (Å²) in [5.74, 6) is 0.855. The summed E-state index contributed by atoms with van der Waals surface area (Å²) in [6.45, 7) is 5.39. The van der Waals surface area contributed by atoms with Crippen LogP contribution in [0.3, 0.4) is 0 Å². The maximum absolute atomic E-state index is 9.48. The number of morpholine rings is 1. The van der Waals surface area contributed by atoms with Crippen molar-refractivity contribution in [1.29, 1.82) is 5.26 Å². The van der Waals surface area contributed by atoms with Gasteiger partial charge in [-0.2, -0.15) is 5.26 Å². The molecule has 0 N–H and O–H groups in total. The van der Waals surface area contributed by atoms with Gasteiger partial charge in [-0.25, -0.2) is 15.0 Å². The van der Waals surface area contributed by atoms with E-state index in [-0.39, 0.29) is 0 Å². The molecule has 4 heterocycles. The molecular weight excluding hydrogens is 434 g/mol. The fraction of sp³-hybridized carbons (Fsp3) is 0.280. The normalized spacial score (nSPS) is 14.3. The van der Waals surface area contributed by atoms with Crippen LogP contribution in [0, 0.1) is 11.3 Å². The molecule has 0 unspecified atom stereocenters. The number of hydrogen-bond donors (Lipinski definition) is 0. The number of benzene rings is 1. The lowest BCUT2D eigenvalue weighted by Crippen LogP contribution is -2.37. The van der Waals surface area contributed by atoms with Gasteiger partial charge in [-0.05, 0) is 41.6 Å². The van der Waals surface area contributed by atoms with Crippen molar-refractivity contribution in [2.24, 2.45) is 0 Å². The maximum Gasteiger partial charge on any atom is 0.179 e. The Morgan fingerprint density at radius 1 is 1.09 bits per heavy atom. The molecular formula is C25H23N5O2S. The van der Waals surface area contributed by atoms with Crippen LogP contribution >= 0.6 is 11.3 Å². The number of ether oxygens (including phenoxy) is 2. The molecule has 1 aliphatic heterocycles. The summed E-state index contributed by atoms with van der Waals surface area (Å²) in [6.07, 6.45) is 2.76. The van der Waals surface area contributed by atoms with Crippen LogP contribution in [0.5, 0.6) is 5.75 Å². The molecule has 0 amide bonds. The molecule has 0 bridgehead atoms. The van der Waals surface area contributed by atoms with Gasteiger partial charge in [0.15, 0.2) is 11.3 Å². The topological polar surface area (TPSA) is 84.2 Å². The van der Waals surface area contributed by atoms with Crippen molar-refractivity contribution in [3.05, 3.63) is 59.7 Å². The zero-order chi connectivity index (χ0) is 22.5. The van der Waals surface area contributed by atoms with E-state index in [0.29, 0.717) is 29.2 Å². The molecule has 0 radical (unpaired) electrons. The fourth-order valence-corrected chi connectivity index (χ4v) is 4.53. The number of thiophene rings is 1. The van der Waals surface area contributed by atoms with Gasteiger partial charge in [0, 0.05) is 31.4 Å². The van der Waals surface area contributed by atoms with Gasteiger partial charge < -0.3 is 9.47 Å². The third-order valence-electron chi connectivity index (χ3n) is 5.56. The molecule has 3 aromatic heterocycles. The summed E-state index contributed by atoms with van der Waals surface area (Å²) in [7, 11) is 0. The quantitative estimate of drug-likeness (QED) is 0.381. The maximum atomic E-state index is 9.48. The van der Waals surface area contributed by atoms with Gasteiger partial charge in [0.1, 0.15) is 23.0 Å². The summed E-state index contributed by atoms with van der Waals surface area (Å²) in [5, 5.41) is 11.4. The van der Waals surface area contributed by atoms with E-state index in [0.717, 1.165) is 61.0 Å². The van der Waals surface area contributed by atoms with Crippen molar-refractivity contribution < 1.29 is 9.47 Å². The number of nitriles is 1. The third-order valence-corrected chi connectivity index (χ3v) is 6.44. The monoisotopic (exact) mass is 457 g/mol. The molecule has 33 heavy (non-hydrogen) atoms. The Morgan fingerprint density at radius 3 is 2.70 bits per heavy atom. The third kappa shape index (κ3) is 5.01. The van der Waals surface area contributed by atoms with Crippen molar-refractivity contribution in [3.8, 4) is 33.5 Å². The van der Waals surface area contributed by atoms with Crippen LogP contribution in [0.4, 0.5) is 0 Å². The summed E-state index contributed by atoms with van der Waals surface area (Å²) in [4.78, 5) is 16.9. The summed E-state index contributed by atoms with van der Waals surface area (Å²) >= 11 is 1.54. The van der Waals surface area contributed by atoms with Gasteiger partial charge in [0.05, 0.1) is 24.7 Å². The van der Waals surface area contributed by atoms with Crippen LogP contribution in [0.1, 0.15) is 12.1 Å². The number of nitrogens with zero attached hydrogens (tertiary/aromatic N) is 5. The van der Waals surface area contributed by atoms with Gasteiger partial charge in [-0.1, -0.05) is 18.2 Å². The lowest BCUT2D eigenvalue weighted by atomic mass is 10.1. The van der Waals surface area contributed by atoms with Crippen LogP contribution in [0.25, 0.3) is 32.9 Å². The lowest BCUT2D eigenvalue weighted by molar-refractivity contribution is 0.0358. The van der Waals surface area contributed by atoms with Crippen molar-refractivity contribution >= 4 is 22.5 Å². The van der Waals surface area contributed by atoms with E-state index in [2.05, 4.69) is 20.9 Å². The van der Waals surface area contributed by atoms with E-state index < -0.39 is 0 Å². The van der Waals surface area contributed by atoms with Crippen molar-refractivity contribution in [2.45, 2.75) is 6.42 Å². The van der Waals surface area contributed by atoms with Crippen LogP contribution in [-0.4, -0.2) is 59.3 Å². The van der Waals surface area contributed by atoms with E-state index in [4.69, 9.17) is 14.5 Å². The standard InChI is InChI=1S/C25H23N5O2S/c26-16-22-24(23-3-1-14-33-23)28-21-15-19(17-27-25(21)29-22)18-4-6-20(7-5-18)32-11-2-8-30-9-12-31-13-10-30/h1,3-7,14-15,17H,2,8-13H2. The summed E-state index contributed by atoms with van der Waals surface area (Å²) in [6, 6.07) is 16.0. The first-order valence-corrected chi connectivity index (χ1v) is 11.8. The number of fused-ring (bicyclic) bond motifs is 1. The summed E-state index contributed by atoms with van der Waals surface area (Å²) < 4.78 is 11.3. The number of aromatic nitrogens is 3. The van der Waals surface area contributed by atoms with E-state index in [1.807, 2.05) is 47.8 Å².